The van der Waals surface area contributed by atoms with Gasteiger partial charge in [-0.2, -0.15) is 15.2 Å². The van der Waals surface area contributed by atoms with Gasteiger partial charge in [-0.1, -0.05) is 12.6 Å². The van der Waals surface area contributed by atoms with Crippen LogP contribution in [0.25, 0.3) is 16.7 Å². The maximum atomic E-state index is 15.1. The number of hydrogen-bond donors (Lipinski definition) is 3. The van der Waals surface area contributed by atoms with E-state index in [0.717, 1.165) is 19.2 Å². The number of nitrogens with one attached hydrogen (secondary N) is 2. The Bertz CT molecular complexity index is 1730. The molecule has 1 saturated heterocycles. The average molecular weight is 556 g/mol. The third-order valence-electron chi connectivity index (χ3n) is 6.62. The first kappa shape index (κ1) is 27.4. The molecular formula is C28H26FN9O3. The van der Waals surface area contributed by atoms with Crippen LogP contribution in [0.3, 0.4) is 0 Å². The molecule has 0 bridgehead atoms. The molecule has 1 aliphatic rings. The molecule has 0 saturated carbocycles. The molecule has 1 fully saturated rings. The highest BCUT2D eigenvalue weighted by Gasteiger charge is 2.20. The number of fused-ring (bicyclic) bond motifs is 1. The first-order chi connectivity index (χ1) is 19.9. The second-order valence-corrected chi connectivity index (χ2v) is 9.21. The quantitative estimate of drug-likeness (QED) is 0.276. The van der Waals surface area contributed by atoms with Gasteiger partial charge in [0.2, 0.25) is 17.7 Å². The Labute approximate surface area is 234 Å². The van der Waals surface area contributed by atoms with Crippen LogP contribution in [0.5, 0.6) is 0 Å². The summed E-state index contributed by atoms with van der Waals surface area (Å²) >= 11 is 0. The van der Waals surface area contributed by atoms with Gasteiger partial charge in [-0.15, -0.1) is 0 Å². The number of anilines is 4. The van der Waals surface area contributed by atoms with E-state index in [1.807, 2.05) is 11.0 Å². The van der Waals surface area contributed by atoms with Crippen molar-refractivity contribution in [1.82, 2.24) is 24.4 Å². The number of piperazine rings is 1. The maximum Gasteiger partial charge on any atom is 0.284 e. The first-order valence-electron chi connectivity index (χ1n) is 12.8. The van der Waals surface area contributed by atoms with Gasteiger partial charge in [-0.3, -0.25) is 19.1 Å². The van der Waals surface area contributed by atoms with E-state index in [-0.39, 0.29) is 29.4 Å². The number of nitrogens with zero attached hydrogens (tertiary/aromatic N) is 7. The summed E-state index contributed by atoms with van der Waals surface area (Å²) in [6.07, 6.45) is 2.42. The summed E-state index contributed by atoms with van der Waals surface area (Å²) in [5, 5.41) is 24.6. The zero-order chi connectivity index (χ0) is 28.9. The van der Waals surface area contributed by atoms with Crippen molar-refractivity contribution in [3.05, 3.63) is 83.3 Å². The SMILES string of the molecule is C=CC(=O)Nc1cccc(-n2c(C#N)nc(=O)c3cnc(Nc4ccc(N5CCN(CCO)CC5)c(F)c4)nc32)c1. The van der Waals surface area contributed by atoms with Crippen LogP contribution >= 0.6 is 0 Å². The van der Waals surface area contributed by atoms with E-state index < -0.39 is 17.3 Å². The highest BCUT2D eigenvalue weighted by atomic mass is 19.1. The zero-order valence-electron chi connectivity index (χ0n) is 21.9. The van der Waals surface area contributed by atoms with Crippen molar-refractivity contribution in [2.24, 2.45) is 0 Å². The first-order valence-corrected chi connectivity index (χ1v) is 12.8. The van der Waals surface area contributed by atoms with E-state index in [1.54, 1.807) is 36.4 Å². The molecule has 1 aliphatic heterocycles. The monoisotopic (exact) mass is 555 g/mol. The molecule has 13 heteroatoms. The Hall–Kier alpha value is -5.19. The fourth-order valence-corrected chi connectivity index (χ4v) is 4.62. The zero-order valence-corrected chi connectivity index (χ0v) is 21.9. The van der Waals surface area contributed by atoms with E-state index in [4.69, 9.17) is 5.11 Å². The van der Waals surface area contributed by atoms with Crippen molar-refractivity contribution < 1.29 is 14.3 Å². The highest BCUT2D eigenvalue weighted by Crippen LogP contribution is 2.26. The lowest BCUT2D eigenvalue weighted by Crippen LogP contribution is -2.47. The highest BCUT2D eigenvalue weighted by molar-refractivity contribution is 5.99. The van der Waals surface area contributed by atoms with E-state index in [2.05, 4.69) is 37.1 Å². The van der Waals surface area contributed by atoms with Crippen molar-refractivity contribution in [2.45, 2.75) is 0 Å². The van der Waals surface area contributed by atoms with Gasteiger partial charge in [0.25, 0.3) is 5.56 Å². The van der Waals surface area contributed by atoms with Crippen LogP contribution in [0, 0.1) is 17.1 Å². The van der Waals surface area contributed by atoms with E-state index in [1.165, 1.54) is 16.8 Å². The second-order valence-electron chi connectivity index (χ2n) is 9.21. The van der Waals surface area contributed by atoms with Crippen LogP contribution in [0.15, 0.2) is 66.1 Å². The van der Waals surface area contributed by atoms with E-state index in [9.17, 15) is 14.9 Å². The average Bonchev–Trinajstić information content (AvgIpc) is 2.98. The van der Waals surface area contributed by atoms with Crippen LogP contribution in [-0.4, -0.2) is 74.8 Å². The van der Waals surface area contributed by atoms with Crippen molar-refractivity contribution in [3.63, 3.8) is 0 Å². The molecule has 3 heterocycles. The van der Waals surface area contributed by atoms with Crippen molar-refractivity contribution >= 4 is 40.0 Å². The van der Waals surface area contributed by atoms with Gasteiger partial charge in [0.1, 0.15) is 17.3 Å². The molecule has 41 heavy (non-hydrogen) atoms. The molecule has 1 amide bonds. The lowest BCUT2D eigenvalue weighted by molar-refractivity contribution is -0.111. The van der Waals surface area contributed by atoms with Crippen LogP contribution in [0.2, 0.25) is 0 Å². The van der Waals surface area contributed by atoms with E-state index >= 15 is 4.39 Å². The number of rotatable bonds is 8. The number of aliphatic hydroxyl groups excluding tert-OH is 1. The topological polar surface area (TPSA) is 152 Å². The standard InChI is InChI=1S/C28H26FN9O3/c1-2-25(40)32-18-4-3-5-20(14-18)38-24(16-30)34-27(41)21-17-31-28(35-26(21)38)33-19-6-7-23(22(29)15-19)37-10-8-36(9-11-37)12-13-39/h2-7,14-15,17,39H,1,8-13H2,(H,32,40)(H,31,33,35). The molecule has 0 atom stereocenters. The summed E-state index contributed by atoms with van der Waals surface area (Å²) in [6, 6.07) is 13.2. The number of aromatic nitrogens is 4. The molecule has 3 N–H and O–H groups in total. The molecule has 0 aliphatic carbocycles. The fourth-order valence-electron chi connectivity index (χ4n) is 4.62. The number of β-amino-alcohol motifs (C(OH)–C–C–N with tert-alkyl or cyclic N) is 1. The van der Waals surface area contributed by atoms with Crippen molar-refractivity contribution in [3.8, 4) is 11.8 Å². The van der Waals surface area contributed by atoms with Crippen LogP contribution < -0.4 is 21.1 Å². The number of benzene rings is 2. The summed E-state index contributed by atoms with van der Waals surface area (Å²) in [4.78, 5) is 41.1. The molecule has 0 unspecified atom stereocenters. The number of carbonyl (C=O) groups excluding carboxylic acids is 1. The number of carbonyl (C=O) groups is 1. The minimum Gasteiger partial charge on any atom is -0.395 e. The van der Waals surface area contributed by atoms with Crippen molar-refractivity contribution in [1.29, 1.82) is 5.26 Å². The lowest BCUT2D eigenvalue weighted by Gasteiger charge is -2.36. The van der Waals surface area contributed by atoms with Crippen LogP contribution in [-0.2, 0) is 4.79 Å². The fraction of sp³-hybridized carbons (Fsp3) is 0.214. The maximum absolute atomic E-state index is 15.1. The number of aliphatic hydroxyl groups is 1. The summed E-state index contributed by atoms with van der Waals surface area (Å²) in [6.45, 7) is 6.88. The van der Waals surface area contributed by atoms with Gasteiger partial charge in [-0.25, -0.2) is 9.37 Å². The molecule has 2 aromatic heterocycles. The molecule has 208 valence electrons. The Balaban J connectivity index is 1.47. The number of nitriles is 1. The largest absolute Gasteiger partial charge is 0.395 e. The molecule has 5 rings (SSSR count). The van der Waals surface area contributed by atoms with Gasteiger partial charge in [0, 0.05) is 50.3 Å². The van der Waals surface area contributed by atoms with E-state index in [0.29, 0.717) is 42.4 Å². The molecule has 0 radical (unpaired) electrons. The number of halogens is 1. The summed E-state index contributed by atoms with van der Waals surface area (Å²) < 4.78 is 16.5. The molecular weight excluding hydrogens is 529 g/mol. The van der Waals surface area contributed by atoms with Gasteiger partial charge in [0.05, 0.1) is 18.0 Å². The molecule has 12 nitrogen and oxygen atoms in total. The predicted octanol–water partition coefficient (Wildman–Crippen LogP) is 2.17. The van der Waals surface area contributed by atoms with Gasteiger partial charge in [-0.05, 0) is 42.5 Å². The smallest absolute Gasteiger partial charge is 0.284 e. The Morgan fingerprint density at radius 3 is 2.66 bits per heavy atom. The molecule has 4 aromatic rings. The third kappa shape index (κ3) is 5.88. The number of hydrogen-bond acceptors (Lipinski definition) is 10. The minimum absolute atomic E-state index is 0.0666. The van der Waals surface area contributed by atoms with Crippen molar-refractivity contribution in [2.75, 3.05) is 54.9 Å². The van der Waals surface area contributed by atoms with Gasteiger partial charge >= 0.3 is 0 Å². The Morgan fingerprint density at radius 1 is 1.15 bits per heavy atom. The van der Waals surface area contributed by atoms with Gasteiger partial charge in [0.15, 0.2) is 5.65 Å². The third-order valence-corrected chi connectivity index (χ3v) is 6.62. The lowest BCUT2D eigenvalue weighted by atomic mass is 10.2. The van der Waals surface area contributed by atoms with Crippen LogP contribution in [0.1, 0.15) is 5.82 Å². The van der Waals surface area contributed by atoms with Crippen LogP contribution in [0.4, 0.5) is 27.4 Å². The predicted molar refractivity (Wildman–Crippen MR) is 152 cm³/mol. The summed E-state index contributed by atoms with van der Waals surface area (Å²) in [5.74, 6) is -0.977. The van der Waals surface area contributed by atoms with Gasteiger partial charge < -0.3 is 20.6 Å². The Kier molecular flexibility index (Phi) is 7.95. The normalized spacial score (nSPS) is 13.5. The second kappa shape index (κ2) is 11.9. The molecule has 2 aromatic carbocycles. The summed E-state index contributed by atoms with van der Waals surface area (Å²) in [7, 11) is 0. The summed E-state index contributed by atoms with van der Waals surface area (Å²) in [5.41, 5.74) is 1.14. The minimum atomic E-state index is -0.676. The Morgan fingerprint density at radius 2 is 1.95 bits per heavy atom. The molecule has 0 spiro atoms. The number of amides is 1.